The summed E-state index contributed by atoms with van der Waals surface area (Å²) in [6.07, 6.45) is 12.4. The highest BCUT2D eigenvalue weighted by Crippen LogP contribution is 2.23. The number of nitrogen functional groups attached to an aromatic ring is 1. The van der Waals surface area contributed by atoms with Gasteiger partial charge in [0.25, 0.3) is 0 Å². The Balaban J connectivity index is 0.000000492. The third-order valence-corrected chi connectivity index (χ3v) is 2.92. The minimum atomic E-state index is 0.238. The number of terminal acetylenes is 1. The van der Waals surface area contributed by atoms with Crippen LogP contribution in [-0.4, -0.2) is 16.0 Å². The Morgan fingerprint density at radius 2 is 2.06 bits per heavy atom. The SMILES string of the molecule is C#CC.Nc1cnc(Cl)nc1NC1CCCCC1. The lowest BCUT2D eigenvalue weighted by atomic mass is 9.95. The van der Waals surface area contributed by atoms with Crippen molar-refractivity contribution in [3.05, 3.63) is 11.5 Å². The molecule has 0 unspecified atom stereocenters. The Kier molecular flexibility index (Phi) is 6.31. The van der Waals surface area contributed by atoms with Gasteiger partial charge in [0.2, 0.25) is 5.28 Å². The first-order valence-corrected chi connectivity index (χ1v) is 6.47. The van der Waals surface area contributed by atoms with Gasteiger partial charge in [0.05, 0.1) is 11.9 Å². The van der Waals surface area contributed by atoms with Crippen molar-refractivity contribution in [1.29, 1.82) is 0 Å². The van der Waals surface area contributed by atoms with Crippen molar-refractivity contribution in [2.24, 2.45) is 0 Å². The average molecular weight is 267 g/mol. The first-order chi connectivity index (χ1) is 8.67. The molecule has 0 aliphatic heterocycles. The predicted molar refractivity (Wildman–Crippen MR) is 76.5 cm³/mol. The molecule has 1 aliphatic rings. The van der Waals surface area contributed by atoms with E-state index in [-0.39, 0.29) is 5.28 Å². The summed E-state index contributed by atoms with van der Waals surface area (Å²) in [6, 6.07) is 0.479. The molecule has 5 heteroatoms. The van der Waals surface area contributed by atoms with E-state index in [0.717, 1.165) is 0 Å². The third-order valence-electron chi connectivity index (χ3n) is 2.73. The van der Waals surface area contributed by atoms with Crippen molar-refractivity contribution in [2.75, 3.05) is 11.1 Å². The van der Waals surface area contributed by atoms with Crippen molar-refractivity contribution in [1.82, 2.24) is 9.97 Å². The molecule has 1 aromatic heterocycles. The largest absolute Gasteiger partial charge is 0.394 e. The maximum Gasteiger partial charge on any atom is 0.224 e. The van der Waals surface area contributed by atoms with Crippen LogP contribution in [0.25, 0.3) is 0 Å². The van der Waals surface area contributed by atoms with Gasteiger partial charge in [0.15, 0.2) is 5.82 Å². The molecule has 1 aliphatic carbocycles. The van der Waals surface area contributed by atoms with Crippen LogP contribution in [0.2, 0.25) is 5.28 Å². The Bertz CT molecular complexity index is 408. The van der Waals surface area contributed by atoms with E-state index in [1.807, 2.05) is 0 Å². The molecule has 98 valence electrons. The number of hydrogen-bond acceptors (Lipinski definition) is 4. The van der Waals surface area contributed by atoms with Gasteiger partial charge < -0.3 is 11.1 Å². The molecule has 0 spiro atoms. The van der Waals surface area contributed by atoms with Crippen LogP contribution in [-0.2, 0) is 0 Å². The molecular weight excluding hydrogens is 248 g/mol. The second-order valence-electron chi connectivity index (χ2n) is 4.21. The Hall–Kier alpha value is -1.47. The topological polar surface area (TPSA) is 63.8 Å². The van der Waals surface area contributed by atoms with Crippen LogP contribution >= 0.6 is 11.6 Å². The van der Waals surface area contributed by atoms with Crippen LogP contribution in [0.3, 0.4) is 0 Å². The molecule has 0 radical (unpaired) electrons. The maximum atomic E-state index is 5.76. The molecule has 0 atom stereocenters. The van der Waals surface area contributed by atoms with Crippen molar-refractivity contribution < 1.29 is 0 Å². The fraction of sp³-hybridized carbons (Fsp3) is 0.538. The van der Waals surface area contributed by atoms with Crippen LogP contribution in [0.4, 0.5) is 11.5 Å². The zero-order valence-electron chi connectivity index (χ0n) is 10.6. The van der Waals surface area contributed by atoms with E-state index in [4.69, 9.17) is 17.3 Å². The molecule has 4 nitrogen and oxygen atoms in total. The summed E-state index contributed by atoms with van der Waals surface area (Å²) in [5.41, 5.74) is 6.32. The van der Waals surface area contributed by atoms with Gasteiger partial charge in [-0.15, -0.1) is 12.3 Å². The molecular formula is C13H19ClN4. The summed E-state index contributed by atoms with van der Waals surface area (Å²) < 4.78 is 0. The lowest BCUT2D eigenvalue weighted by Gasteiger charge is -2.23. The third kappa shape index (κ3) is 4.80. The van der Waals surface area contributed by atoms with E-state index < -0.39 is 0 Å². The fourth-order valence-electron chi connectivity index (χ4n) is 1.93. The number of hydrogen-bond donors (Lipinski definition) is 2. The van der Waals surface area contributed by atoms with Gasteiger partial charge in [-0.3, -0.25) is 0 Å². The second-order valence-corrected chi connectivity index (χ2v) is 4.55. The van der Waals surface area contributed by atoms with Crippen LogP contribution < -0.4 is 11.1 Å². The summed E-state index contributed by atoms with van der Waals surface area (Å²) >= 11 is 5.72. The summed E-state index contributed by atoms with van der Waals surface area (Å²) in [5, 5.41) is 3.57. The number of nitrogens with one attached hydrogen (secondary N) is 1. The lowest BCUT2D eigenvalue weighted by molar-refractivity contribution is 0.462. The molecule has 1 fully saturated rings. The van der Waals surface area contributed by atoms with Crippen molar-refractivity contribution in [3.63, 3.8) is 0 Å². The fourth-order valence-corrected chi connectivity index (χ4v) is 2.06. The Morgan fingerprint density at radius 1 is 1.44 bits per heavy atom. The average Bonchev–Trinajstić information content (AvgIpc) is 2.36. The summed E-state index contributed by atoms with van der Waals surface area (Å²) in [4.78, 5) is 7.91. The standard InChI is InChI=1S/C10H15ClN4.C3H4/c11-10-13-6-8(12)9(15-10)14-7-4-2-1-3-5-7;1-3-2/h6-7H,1-5,12H2,(H,13,14,15);1H,2H3. The molecule has 0 saturated heterocycles. The van der Waals surface area contributed by atoms with Crippen molar-refractivity contribution in [2.45, 2.75) is 45.1 Å². The molecule has 0 amide bonds. The summed E-state index contributed by atoms with van der Waals surface area (Å²) in [7, 11) is 0. The van der Waals surface area contributed by atoms with E-state index in [2.05, 4.69) is 27.6 Å². The Labute approximate surface area is 113 Å². The van der Waals surface area contributed by atoms with E-state index in [0.29, 0.717) is 17.5 Å². The van der Waals surface area contributed by atoms with E-state index in [9.17, 15) is 0 Å². The molecule has 1 saturated carbocycles. The number of nitrogens with two attached hydrogens (primary N) is 1. The molecule has 18 heavy (non-hydrogen) atoms. The lowest BCUT2D eigenvalue weighted by Crippen LogP contribution is -2.23. The number of anilines is 2. The number of rotatable bonds is 2. The highest BCUT2D eigenvalue weighted by Gasteiger charge is 2.14. The summed E-state index contributed by atoms with van der Waals surface area (Å²) in [6.45, 7) is 1.65. The van der Waals surface area contributed by atoms with Crippen LogP contribution in [0, 0.1) is 12.3 Å². The smallest absolute Gasteiger partial charge is 0.224 e. The van der Waals surface area contributed by atoms with Gasteiger partial charge in [-0.2, -0.15) is 4.98 Å². The predicted octanol–water partition coefficient (Wildman–Crippen LogP) is 3.10. The molecule has 3 N–H and O–H groups in total. The minimum absolute atomic E-state index is 0.238. The quantitative estimate of drug-likeness (QED) is 0.638. The molecule has 2 rings (SSSR count). The zero-order chi connectivity index (χ0) is 13.4. The molecule has 0 bridgehead atoms. The van der Waals surface area contributed by atoms with Crippen molar-refractivity contribution >= 4 is 23.1 Å². The molecule has 0 aromatic carbocycles. The summed E-state index contributed by atoms with van der Waals surface area (Å²) in [5.74, 6) is 2.92. The number of nitrogens with zero attached hydrogens (tertiary/aromatic N) is 2. The molecule has 1 aromatic rings. The van der Waals surface area contributed by atoms with Crippen LogP contribution in [0.15, 0.2) is 6.20 Å². The van der Waals surface area contributed by atoms with Gasteiger partial charge in [0.1, 0.15) is 0 Å². The first kappa shape index (κ1) is 14.6. The van der Waals surface area contributed by atoms with Gasteiger partial charge in [-0.25, -0.2) is 4.98 Å². The van der Waals surface area contributed by atoms with E-state index >= 15 is 0 Å². The van der Waals surface area contributed by atoms with Crippen LogP contribution in [0.1, 0.15) is 39.0 Å². The monoisotopic (exact) mass is 266 g/mol. The highest BCUT2D eigenvalue weighted by molar-refractivity contribution is 6.28. The molecule has 1 heterocycles. The van der Waals surface area contributed by atoms with Gasteiger partial charge >= 0.3 is 0 Å². The first-order valence-electron chi connectivity index (χ1n) is 6.09. The van der Waals surface area contributed by atoms with Gasteiger partial charge in [-0.1, -0.05) is 19.3 Å². The highest BCUT2D eigenvalue weighted by atomic mass is 35.5. The van der Waals surface area contributed by atoms with Crippen LogP contribution in [0.5, 0.6) is 0 Å². The number of aromatic nitrogens is 2. The van der Waals surface area contributed by atoms with Gasteiger partial charge in [0, 0.05) is 6.04 Å². The zero-order valence-corrected chi connectivity index (χ0v) is 11.4. The normalized spacial score (nSPS) is 15.2. The maximum absolute atomic E-state index is 5.76. The number of halogens is 1. The second kappa shape index (κ2) is 7.78. The van der Waals surface area contributed by atoms with E-state index in [1.165, 1.54) is 32.1 Å². The van der Waals surface area contributed by atoms with Gasteiger partial charge in [-0.05, 0) is 31.4 Å². The van der Waals surface area contributed by atoms with Crippen molar-refractivity contribution in [3.8, 4) is 12.3 Å². The minimum Gasteiger partial charge on any atom is -0.394 e. The Morgan fingerprint density at radius 3 is 2.67 bits per heavy atom. The van der Waals surface area contributed by atoms with E-state index in [1.54, 1.807) is 13.1 Å².